The first-order valence-corrected chi connectivity index (χ1v) is 7.33. The second-order valence-electron chi connectivity index (χ2n) is 4.88. The van der Waals surface area contributed by atoms with E-state index >= 15 is 0 Å². The molecular weight excluding hydrogens is 273 g/mol. The first kappa shape index (κ1) is 14.9. The van der Waals surface area contributed by atoms with Gasteiger partial charge in [-0.1, -0.05) is 23.9 Å². The number of nitrogens with zero attached hydrogens (tertiary/aromatic N) is 2. The van der Waals surface area contributed by atoms with Crippen LogP contribution < -0.4 is 5.73 Å². The largest absolute Gasteiger partial charge is 0.327 e. The van der Waals surface area contributed by atoms with Crippen molar-refractivity contribution in [3.05, 3.63) is 53.1 Å². The van der Waals surface area contributed by atoms with Gasteiger partial charge >= 0.3 is 0 Å². The fraction of sp³-hybridized carbons (Fsp3) is 0.333. The van der Waals surface area contributed by atoms with Crippen molar-refractivity contribution in [3.63, 3.8) is 0 Å². The zero-order chi connectivity index (χ0) is 14.7. The van der Waals surface area contributed by atoms with Gasteiger partial charge in [0.2, 0.25) is 0 Å². The Kier molecular flexibility index (Phi) is 4.73. The molecule has 0 amide bonds. The molecular formula is C15H18FN3S. The lowest BCUT2D eigenvalue weighted by Crippen LogP contribution is -2.22. The molecule has 2 rings (SSSR count). The molecule has 2 aromatic rings. The Hall–Kier alpha value is -1.46. The molecule has 0 radical (unpaired) electrons. The van der Waals surface area contributed by atoms with Crippen molar-refractivity contribution in [3.8, 4) is 0 Å². The molecule has 1 aromatic carbocycles. The molecule has 2 unspecified atom stereocenters. The van der Waals surface area contributed by atoms with Gasteiger partial charge in [-0.05, 0) is 44.5 Å². The van der Waals surface area contributed by atoms with E-state index in [1.54, 1.807) is 12.1 Å². The summed E-state index contributed by atoms with van der Waals surface area (Å²) in [5.74, 6) is -0.246. The van der Waals surface area contributed by atoms with Gasteiger partial charge in [-0.25, -0.2) is 14.4 Å². The number of nitrogens with two attached hydrogens (primary N) is 1. The van der Waals surface area contributed by atoms with E-state index in [1.807, 2.05) is 26.8 Å². The molecule has 106 valence electrons. The van der Waals surface area contributed by atoms with Crippen molar-refractivity contribution in [1.29, 1.82) is 0 Å². The van der Waals surface area contributed by atoms with Gasteiger partial charge in [0, 0.05) is 17.4 Å². The second kappa shape index (κ2) is 6.33. The third-order valence-electron chi connectivity index (χ3n) is 2.87. The summed E-state index contributed by atoms with van der Waals surface area (Å²) < 4.78 is 13.0. The van der Waals surface area contributed by atoms with Crippen LogP contribution in [0, 0.1) is 19.7 Å². The minimum absolute atomic E-state index is 0.00296. The number of rotatable bonds is 4. The van der Waals surface area contributed by atoms with Crippen molar-refractivity contribution >= 4 is 11.8 Å². The van der Waals surface area contributed by atoms with Crippen molar-refractivity contribution in [2.45, 2.75) is 37.2 Å². The number of aromatic nitrogens is 2. The Morgan fingerprint density at radius 2 is 1.65 bits per heavy atom. The van der Waals surface area contributed by atoms with E-state index in [9.17, 15) is 4.39 Å². The zero-order valence-electron chi connectivity index (χ0n) is 11.8. The smallest absolute Gasteiger partial charge is 0.188 e. The van der Waals surface area contributed by atoms with E-state index < -0.39 is 0 Å². The maximum Gasteiger partial charge on any atom is 0.188 e. The molecule has 3 nitrogen and oxygen atoms in total. The highest BCUT2D eigenvalue weighted by Gasteiger charge is 2.19. The molecule has 0 saturated heterocycles. The Bertz CT molecular complexity index is 564. The van der Waals surface area contributed by atoms with Crippen LogP contribution in [0.1, 0.15) is 29.1 Å². The maximum atomic E-state index is 13.0. The van der Waals surface area contributed by atoms with Crippen LogP contribution in [0.2, 0.25) is 0 Å². The third kappa shape index (κ3) is 3.77. The lowest BCUT2D eigenvalue weighted by molar-refractivity contribution is 0.625. The van der Waals surface area contributed by atoms with Crippen molar-refractivity contribution in [2.75, 3.05) is 0 Å². The van der Waals surface area contributed by atoms with Crippen LogP contribution in [0.4, 0.5) is 4.39 Å². The lowest BCUT2D eigenvalue weighted by atomic mass is 10.1. The predicted octanol–water partition coefficient (Wildman–Crippen LogP) is 3.41. The number of benzene rings is 1. The number of aryl methyl sites for hydroxylation is 2. The highest BCUT2D eigenvalue weighted by molar-refractivity contribution is 7.99. The summed E-state index contributed by atoms with van der Waals surface area (Å²) in [6.45, 7) is 5.82. The van der Waals surface area contributed by atoms with Crippen molar-refractivity contribution < 1.29 is 4.39 Å². The minimum atomic E-state index is -0.246. The molecule has 20 heavy (non-hydrogen) atoms. The van der Waals surface area contributed by atoms with Gasteiger partial charge in [0.15, 0.2) is 5.16 Å². The van der Waals surface area contributed by atoms with Crippen LogP contribution in [0.25, 0.3) is 0 Å². The molecule has 2 N–H and O–H groups in total. The molecule has 2 atom stereocenters. The molecule has 0 bridgehead atoms. The number of hydrogen-bond donors (Lipinski definition) is 1. The Labute approximate surface area is 122 Å². The summed E-state index contributed by atoms with van der Waals surface area (Å²) in [7, 11) is 0. The Morgan fingerprint density at radius 3 is 2.15 bits per heavy atom. The first-order chi connectivity index (χ1) is 9.45. The summed E-state index contributed by atoms with van der Waals surface area (Å²) in [5.41, 5.74) is 8.91. The summed E-state index contributed by atoms with van der Waals surface area (Å²) >= 11 is 1.51. The number of hydrogen-bond acceptors (Lipinski definition) is 4. The zero-order valence-corrected chi connectivity index (χ0v) is 12.6. The fourth-order valence-electron chi connectivity index (χ4n) is 1.99. The summed E-state index contributed by atoms with van der Waals surface area (Å²) in [4.78, 5) is 8.84. The summed E-state index contributed by atoms with van der Waals surface area (Å²) in [5, 5.41) is 0.700. The predicted molar refractivity (Wildman–Crippen MR) is 80.2 cm³/mol. The fourth-order valence-corrected chi connectivity index (χ4v) is 3.12. The average molecular weight is 291 g/mol. The van der Waals surface area contributed by atoms with E-state index in [-0.39, 0.29) is 17.1 Å². The summed E-state index contributed by atoms with van der Waals surface area (Å²) in [6, 6.07) is 8.28. The topological polar surface area (TPSA) is 51.8 Å². The minimum Gasteiger partial charge on any atom is -0.327 e. The molecule has 0 aliphatic heterocycles. The molecule has 0 aliphatic carbocycles. The third-order valence-corrected chi connectivity index (χ3v) is 4.22. The highest BCUT2D eigenvalue weighted by atomic mass is 32.2. The van der Waals surface area contributed by atoms with Crippen LogP contribution >= 0.6 is 11.8 Å². The van der Waals surface area contributed by atoms with Crippen LogP contribution in [-0.2, 0) is 0 Å². The number of thioether (sulfide) groups is 1. The SMILES string of the molecule is Cc1cc(C)nc(SC(c2ccc(F)cc2)C(C)N)n1. The molecule has 0 aliphatic rings. The van der Waals surface area contributed by atoms with Gasteiger partial charge in [-0.2, -0.15) is 0 Å². The van der Waals surface area contributed by atoms with E-state index in [4.69, 9.17) is 5.73 Å². The monoisotopic (exact) mass is 291 g/mol. The van der Waals surface area contributed by atoms with Crippen molar-refractivity contribution in [2.24, 2.45) is 5.73 Å². The van der Waals surface area contributed by atoms with E-state index in [2.05, 4.69) is 9.97 Å². The number of halogens is 1. The van der Waals surface area contributed by atoms with Crippen LogP contribution in [0.15, 0.2) is 35.5 Å². The van der Waals surface area contributed by atoms with Gasteiger partial charge in [0.1, 0.15) is 5.82 Å². The van der Waals surface area contributed by atoms with E-state index in [0.29, 0.717) is 5.16 Å². The first-order valence-electron chi connectivity index (χ1n) is 6.45. The molecule has 1 heterocycles. The molecule has 1 aromatic heterocycles. The van der Waals surface area contributed by atoms with E-state index in [1.165, 1.54) is 23.9 Å². The summed E-state index contributed by atoms with van der Waals surface area (Å²) in [6.07, 6.45) is 0. The lowest BCUT2D eigenvalue weighted by Gasteiger charge is -2.20. The van der Waals surface area contributed by atoms with Crippen LogP contribution in [0.5, 0.6) is 0 Å². The maximum absolute atomic E-state index is 13.0. The Balaban J connectivity index is 2.27. The second-order valence-corrected chi connectivity index (χ2v) is 5.99. The quantitative estimate of drug-likeness (QED) is 0.693. The van der Waals surface area contributed by atoms with Gasteiger partial charge < -0.3 is 5.73 Å². The molecule has 0 saturated carbocycles. The Morgan fingerprint density at radius 1 is 1.10 bits per heavy atom. The normalized spacial score (nSPS) is 14.1. The molecule has 0 spiro atoms. The highest BCUT2D eigenvalue weighted by Crippen LogP contribution is 2.35. The van der Waals surface area contributed by atoms with Gasteiger partial charge in [-0.15, -0.1) is 0 Å². The molecule has 0 fully saturated rings. The molecule has 5 heteroatoms. The van der Waals surface area contributed by atoms with Gasteiger partial charge in [0.25, 0.3) is 0 Å². The van der Waals surface area contributed by atoms with Crippen LogP contribution in [-0.4, -0.2) is 16.0 Å². The standard InChI is InChI=1S/C15H18FN3S/c1-9-8-10(2)19-15(18-9)20-14(11(3)17)12-4-6-13(16)7-5-12/h4-8,11,14H,17H2,1-3H3. The van der Waals surface area contributed by atoms with Gasteiger partial charge in [0.05, 0.1) is 5.25 Å². The van der Waals surface area contributed by atoms with Crippen LogP contribution in [0.3, 0.4) is 0 Å². The van der Waals surface area contributed by atoms with Gasteiger partial charge in [-0.3, -0.25) is 0 Å². The van der Waals surface area contributed by atoms with E-state index in [0.717, 1.165) is 17.0 Å². The van der Waals surface area contributed by atoms with Crippen molar-refractivity contribution in [1.82, 2.24) is 9.97 Å². The average Bonchev–Trinajstić information content (AvgIpc) is 2.36.